The maximum absolute atomic E-state index is 10.6. The van der Waals surface area contributed by atoms with Gasteiger partial charge in [0.05, 0.1) is 0 Å². The van der Waals surface area contributed by atoms with Gasteiger partial charge < -0.3 is 0 Å². The quantitative estimate of drug-likeness (QED) is 0.528. The zero-order valence-corrected chi connectivity index (χ0v) is 12.1. The number of hydrogen-bond donors (Lipinski definition) is 0. The molecule has 0 bridgehead atoms. The zero-order chi connectivity index (χ0) is 12.9. The first-order chi connectivity index (χ1) is 7.87. The second-order valence-corrected chi connectivity index (χ2v) is 7.27. The van der Waals surface area contributed by atoms with E-state index >= 15 is 0 Å². The molecule has 0 saturated heterocycles. The van der Waals surface area contributed by atoms with Crippen molar-refractivity contribution in [3.63, 3.8) is 0 Å². The highest BCUT2D eigenvalue weighted by molar-refractivity contribution is 5.01. The first-order valence-electron chi connectivity index (χ1n) is 7.21. The maximum atomic E-state index is 10.6. The molecule has 1 atom stereocenters. The van der Waals surface area contributed by atoms with E-state index in [1.807, 2.05) is 0 Å². The largest absolute Gasteiger partial charge is 0.150 e. The fraction of sp³-hybridized carbons (Fsp3) is 1.00. The van der Waals surface area contributed by atoms with Crippen molar-refractivity contribution < 1.29 is 0 Å². The van der Waals surface area contributed by atoms with Crippen LogP contribution < -0.4 is 0 Å². The number of hydrogen-bond acceptors (Lipinski definition) is 2. The molecule has 0 heterocycles. The molecule has 0 aromatic carbocycles. The molecule has 2 nitrogen and oxygen atoms in total. The Morgan fingerprint density at radius 3 is 2.24 bits per heavy atom. The van der Waals surface area contributed by atoms with E-state index in [1.165, 1.54) is 32.1 Å². The minimum absolute atomic E-state index is 0.120. The molecule has 0 aromatic heterocycles. The van der Waals surface area contributed by atoms with E-state index in [9.17, 15) is 4.91 Å². The molecule has 1 saturated carbocycles. The van der Waals surface area contributed by atoms with Gasteiger partial charge in [-0.15, -0.1) is 0 Å². The average Bonchev–Trinajstić information content (AvgIpc) is 2.97. The van der Waals surface area contributed by atoms with E-state index in [4.69, 9.17) is 0 Å². The third-order valence-electron chi connectivity index (χ3n) is 3.98. The topological polar surface area (TPSA) is 29.4 Å². The van der Waals surface area contributed by atoms with Crippen LogP contribution in [0, 0.1) is 16.2 Å². The molecule has 2 heteroatoms. The third kappa shape index (κ3) is 6.18. The summed E-state index contributed by atoms with van der Waals surface area (Å²) in [7, 11) is 0. The molecule has 1 fully saturated rings. The van der Waals surface area contributed by atoms with Crippen molar-refractivity contribution in [3.05, 3.63) is 4.91 Å². The molecule has 0 aromatic rings. The Bertz CT molecular complexity index is 238. The lowest BCUT2D eigenvalue weighted by molar-refractivity contribution is 0.334. The minimum Gasteiger partial charge on any atom is -0.150 e. The second-order valence-electron chi connectivity index (χ2n) is 7.27. The van der Waals surface area contributed by atoms with Gasteiger partial charge in [-0.2, -0.15) is 4.91 Å². The second kappa shape index (κ2) is 5.97. The van der Waals surface area contributed by atoms with Crippen molar-refractivity contribution in [2.24, 2.45) is 16.5 Å². The molecule has 0 N–H and O–H groups in total. The monoisotopic (exact) mass is 239 g/mol. The average molecular weight is 239 g/mol. The third-order valence-corrected chi connectivity index (χ3v) is 3.98. The molecule has 17 heavy (non-hydrogen) atoms. The first kappa shape index (κ1) is 14.7. The molecule has 1 unspecified atom stereocenters. The van der Waals surface area contributed by atoms with Gasteiger partial charge in [-0.3, -0.25) is 0 Å². The summed E-state index contributed by atoms with van der Waals surface area (Å²) in [6, 6.07) is 0. The standard InChI is InChI=1S/C15H29NO/c1-13(7-5-9-14(2,3)4)8-6-10-15(16-17)11-12-15/h13H,5-12H2,1-4H3. The predicted octanol–water partition coefficient (Wildman–Crippen LogP) is 5.31. The van der Waals surface area contributed by atoms with Crippen LogP contribution in [0.3, 0.4) is 0 Å². The Morgan fingerprint density at radius 2 is 1.76 bits per heavy atom. The summed E-state index contributed by atoms with van der Waals surface area (Å²) < 4.78 is 0. The van der Waals surface area contributed by atoms with Gasteiger partial charge >= 0.3 is 0 Å². The fourth-order valence-corrected chi connectivity index (χ4v) is 2.44. The van der Waals surface area contributed by atoms with Crippen LogP contribution in [-0.4, -0.2) is 5.54 Å². The van der Waals surface area contributed by atoms with Gasteiger partial charge in [0, 0.05) is 0 Å². The van der Waals surface area contributed by atoms with Crippen molar-refractivity contribution in [3.8, 4) is 0 Å². The Balaban J connectivity index is 2.01. The summed E-state index contributed by atoms with van der Waals surface area (Å²) in [5.41, 5.74) is 0.352. The Hall–Kier alpha value is -0.400. The molecule has 100 valence electrons. The molecule has 0 radical (unpaired) electrons. The van der Waals surface area contributed by atoms with Gasteiger partial charge in [-0.05, 0) is 37.0 Å². The summed E-state index contributed by atoms with van der Waals surface area (Å²) in [6.45, 7) is 9.27. The van der Waals surface area contributed by atoms with Crippen LogP contribution in [0.1, 0.15) is 79.1 Å². The Morgan fingerprint density at radius 1 is 1.18 bits per heavy atom. The summed E-state index contributed by atoms with van der Waals surface area (Å²) in [5.74, 6) is 0.805. The zero-order valence-electron chi connectivity index (χ0n) is 12.1. The van der Waals surface area contributed by atoms with Crippen molar-refractivity contribution in [2.75, 3.05) is 0 Å². The first-order valence-corrected chi connectivity index (χ1v) is 7.21. The van der Waals surface area contributed by atoms with E-state index in [-0.39, 0.29) is 5.54 Å². The van der Waals surface area contributed by atoms with E-state index in [0.29, 0.717) is 5.41 Å². The molecule has 1 aliphatic carbocycles. The summed E-state index contributed by atoms with van der Waals surface area (Å²) in [4.78, 5) is 10.6. The summed E-state index contributed by atoms with van der Waals surface area (Å²) in [6.07, 6.45) is 9.53. The van der Waals surface area contributed by atoms with Crippen molar-refractivity contribution in [1.82, 2.24) is 0 Å². The Labute approximate surface area is 107 Å². The van der Waals surface area contributed by atoms with Crippen molar-refractivity contribution in [1.29, 1.82) is 0 Å². The van der Waals surface area contributed by atoms with Crippen molar-refractivity contribution in [2.45, 2.75) is 84.6 Å². The highest BCUT2D eigenvalue weighted by Gasteiger charge is 2.43. The van der Waals surface area contributed by atoms with Crippen LogP contribution in [0.5, 0.6) is 0 Å². The van der Waals surface area contributed by atoms with E-state index < -0.39 is 0 Å². The molecule has 0 aliphatic heterocycles. The normalized spacial score (nSPS) is 20.0. The highest BCUT2D eigenvalue weighted by atomic mass is 16.3. The summed E-state index contributed by atoms with van der Waals surface area (Å²) in [5, 5.41) is 3.27. The maximum Gasteiger partial charge on any atom is 0.103 e. The van der Waals surface area contributed by atoms with E-state index in [1.54, 1.807) is 0 Å². The van der Waals surface area contributed by atoms with Gasteiger partial charge in [0.25, 0.3) is 0 Å². The fourth-order valence-electron chi connectivity index (χ4n) is 2.44. The van der Waals surface area contributed by atoms with Gasteiger partial charge in [-0.25, -0.2) is 0 Å². The summed E-state index contributed by atoms with van der Waals surface area (Å²) >= 11 is 0. The smallest absolute Gasteiger partial charge is 0.103 e. The lowest BCUT2D eigenvalue weighted by Crippen LogP contribution is -2.07. The number of nitrogens with zero attached hydrogens (tertiary/aromatic N) is 1. The predicted molar refractivity (Wildman–Crippen MR) is 74.1 cm³/mol. The van der Waals surface area contributed by atoms with Crippen LogP contribution >= 0.6 is 0 Å². The molecule has 1 rings (SSSR count). The van der Waals surface area contributed by atoms with Crippen LogP contribution in [0.15, 0.2) is 5.18 Å². The van der Waals surface area contributed by atoms with E-state index in [2.05, 4.69) is 32.9 Å². The van der Waals surface area contributed by atoms with E-state index in [0.717, 1.165) is 25.2 Å². The van der Waals surface area contributed by atoms with Crippen molar-refractivity contribution >= 4 is 0 Å². The van der Waals surface area contributed by atoms with Crippen LogP contribution in [0.25, 0.3) is 0 Å². The van der Waals surface area contributed by atoms with Crippen LogP contribution in [-0.2, 0) is 0 Å². The van der Waals surface area contributed by atoms with Gasteiger partial charge in [0.1, 0.15) is 5.54 Å². The molecular formula is C15H29NO. The SMILES string of the molecule is CC(CCCC(C)(C)C)CCCC1(N=O)CC1. The lowest BCUT2D eigenvalue weighted by Gasteiger charge is -2.19. The van der Waals surface area contributed by atoms with Gasteiger partial charge in [0.15, 0.2) is 0 Å². The van der Waals surface area contributed by atoms with Gasteiger partial charge in [-0.1, -0.05) is 58.6 Å². The minimum atomic E-state index is -0.120. The lowest BCUT2D eigenvalue weighted by atomic mass is 9.87. The van der Waals surface area contributed by atoms with Crippen LogP contribution in [0.4, 0.5) is 0 Å². The van der Waals surface area contributed by atoms with Gasteiger partial charge in [0.2, 0.25) is 0 Å². The number of nitroso groups, excluding NO2 is 1. The highest BCUT2D eigenvalue weighted by Crippen LogP contribution is 2.44. The molecule has 1 aliphatic rings. The van der Waals surface area contributed by atoms with Crippen LogP contribution in [0.2, 0.25) is 0 Å². The molecule has 0 amide bonds. The molecule has 0 spiro atoms. The Kier molecular flexibility index (Phi) is 5.15. The number of rotatable bonds is 8. The molecular weight excluding hydrogens is 210 g/mol.